The first-order valence-electron chi connectivity index (χ1n) is 21.6. The molecule has 0 rings (SSSR count). The van der Waals surface area contributed by atoms with Crippen LogP contribution in [0.25, 0.3) is 0 Å². The summed E-state index contributed by atoms with van der Waals surface area (Å²) in [6.45, 7) is 3.83. The molecule has 2 unspecified atom stereocenters. The van der Waals surface area contributed by atoms with E-state index in [2.05, 4.69) is 42.0 Å². The number of hydrogen-bond acceptors (Lipinski definition) is 11. The number of phosphoric acid groups is 2. The Morgan fingerprint density at radius 1 is 0.586 bits per heavy atom. The molecule has 0 aromatic carbocycles. The van der Waals surface area contributed by atoms with Gasteiger partial charge in [-0.15, -0.1) is 0 Å². The van der Waals surface area contributed by atoms with Crippen LogP contribution in [-0.4, -0.2) is 81.6 Å². The van der Waals surface area contributed by atoms with Gasteiger partial charge in [0.25, 0.3) is 0 Å². The van der Waals surface area contributed by atoms with E-state index in [-0.39, 0.29) is 12.8 Å². The van der Waals surface area contributed by atoms with Gasteiger partial charge >= 0.3 is 27.6 Å². The third-order valence-electron chi connectivity index (χ3n) is 9.07. The Morgan fingerprint density at radius 2 is 1.09 bits per heavy atom. The van der Waals surface area contributed by atoms with Gasteiger partial charge in [0.2, 0.25) is 0 Å². The summed E-state index contributed by atoms with van der Waals surface area (Å²) < 4.78 is 47.7. The van der Waals surface area contributed by atoms with E-state index in [0.717, 1.165) is 70.1 Å². The van der Waals surface area contributed by atoms with Crippen LogP contribution in [0.4, 0.5) is 0 Å². The summed E-state index contributed by atoms with van der Waals surface area (Å²) in [6, 6.07) is 0. The van der Waals surface area contributed by atoms with Crippen molar-refractivity contribution in [3.05, 3.63) is 36.5 Å². The molecule has 340 valence electrons. The quantitative estimate of drug-likeness (QED) is 0.0127. The highest BCUT2D eigenvalue weighted by atomic mass is 31.2. The van der Waals surface area contributed by atoms with Gasteiger partial charge in [-0.1, -0.05) is 160 Å². The summed E-state index contributed by atoms with van der Waals surface area (Å²) in [6.07, 6.45) is 30.2. The van der Waals surface area contributed by atoms with Crippen molar-refractivity contribution in [2.24, 2.45) is 5.92 Å². The molecule has 0 radical (unpaired) electrons. The molecule has 0 aliphatic heterocycles. The van der Waals surface area contributed by atoms with Crippen molar-refractivity contribution in [2.45, 2.75) is 187 Å². The van der Waals surface area contributed by atoms with E-state index >= 15 is 0 Å². The van der Waals surface area contributed by atoms with Crippen molar-refractivity contribution in [2.75, 3.05) is 26.4 Å². The molecule has 58 heavy (non-hydrogen) atoms. The standard InChI is InChI=1S/C42H78O14P2/c1-4-5-6-7-14-19-24-29-38(43)30-25-20-17-22-26-31-41(45)52-35-40(36-55-58(50,51)54-34-39(44)33-53-57(47,48)49)56-42(46)32-27-21-16-13-11-9-8-10-12-15-18-23-28-37(2)3/h5-6,14,19,24,29,37-40,43-44H,4,7-13,15-18,20-23,25-28,30-36H2,1-3H3,(H,50,51)(H2,47,48,49)/b6-5+,19-14+,29-24+/t38?,39-,40+/m0/s1. The lowest BCUT2D eigenvalue weighted by atomic mass is 10.0. The second-order valence-corrected chi connectivity index (χ2v) is 18.0. The summed E-state index contributed by atoms with van der Waals surface area (Å²) in [4.78, 5) is 52.7. The Bertz CT molecular complexity index is 1200. The van der Waals surface area contributed by atoms with Crippen molar-refractivity contribution in [3.8, 4) is 0 Å². The molecular weight excluding hydrogens is 790 g/mol. The van der Waals surface area contributed by atoms with E-state index in [0.29, 0.717) is 19.3 Å². The van der Waals surface area contributed by atoms with Crippen LogP contribution in [-0.2, 0) is 41.8 Å². The van der Waals surface area contributed by atoms with Gasteiger partial charge in [-0.2, -0.15) is 0 Å². The normalized spacial score (nSPS) is 15.1. The van der Waals surface area contributed by atoms with Crippen molar-refractivity contribution in [1.29, 1.82) is 0 Å². The lowest BCUT2D eigenvalue weighted by Gasteiger charge is -2.20. The van der Waals surface area contributed by atoms with Crippen LogP contribution in [0.2, 0.25) is 0 Å². The maximum Gasteiger partial charge on any atom is 0.472 e. The molecule has 0 saturated heterocycles. The Morgan fingerprint density at radius 3 is 1.64 bits per heavy atom. The van der Waals surface area contributed by atoms with E-state index in [1.807, 2.05) is 18.2 Å². The highest BCUT2D eigenvalue weighted by Gasteiger charge is 2.28. The smallest absolute Gasteiger partial charge is 0.462 e. The van der Waals surface area contributed by atoms with Crippen LogP contribution in [0.1, 0.15) is 168 Å². The maximum absolute atomic E-state index is 12.7. The van der Waals surface area contributed by atoms with Crippen molar-refractivity contribution in [3.63, 3.8) is 0 Å². The van der Waals surface area contributed by atoms with Crippen LogP contribution in [0.15, 0.2) is 36.5 Å². The number of ether oxygens (including phenoxy) is 2. The van der Waals surface area contributed by atoms with Crippen LogP contribution in [0.3, 0.4) is 0 Å². The summed E-state index contributed by atoms with van der Waals surface area (Å²) >= 11 is 0. The Kier molecular flexibility index (Phi) is 36.0. The third-order valence-corrected chi connectivity index (χ3v) is 10.5. The zero-order chi connectivity index (χ0) is 43.3. The Labute approximate surface area is 349 Å². The molecule has 0 aliphatic carbocycles. The Hall–Kier alpha value is -1.70. The molecule has 4 atom stereocenters. The zero-order valence-corrected chi connectivity index (χ0v) is 37.5. The largest absolute Gasteiger partial charge is 0.472 e. The predicted molar refractivity (Wildman–Crippen MR) is 227 cm³/mol. The minimum atomic E-state index is -4.87. The molecule has 0 spiro atoms. The summed E-state index contributed by atoms with van der Waals surface area (Å²) in [5.74, 6) is -0.320. The molecule has 14 nitrogen and oxygen atoms in total. The van der Waals surface area contributed by atoms with E-state index < -0.39 is 72.3 Å². The fourth-order valence-corrected chi connectivity index (χ4v) is 6.93. The number of esters is 2. The summed E-state index contributed by atoms with van der Waals surface area (Å²) in [5, 5.41) is 19.9. The van der Waals surface area contributed by atoms with Gasteiger partial charge < -0.3 is 34.4 Å². The van der Waals surface area contributed by atoms with Crippen molar-refractivity contribution in [1.82, 2.24) is 0 Å². The molecule has 0 bridgehead atoms. The second-order valence-electron chi connectivity index (χ2n) is 15.3. The molecule has 0 aromatic rings. The molecule has 0 fully saturated rings. The van der Waals surface area contributed by atoms with E-state index in [1.165, 1.54) is 51.4 Å². The number of aliphatic hydroxyl groups is 2. The molecule has 0 amide bonds. The number of aliphatic hydroxyl groups excluding tert-OH is 2. The predicted octanol–water partition coefficient (Wildman–Crippen LogP) is 9.72. The Balaban J connectivity index is 4.59. The fraction of sp³-hybridized carbons (Fsp3) is 0.810. The van der Waals surface area contributed by atoms with E-state index in [1.54, 1.807) is 6.08 Å². The summed E-state index contributed by atoms with van der Waals surface area (Å²) in [7, 11) is -9.70. The number of phosphoric ester groups is 2. The third kappa shape index (κ3) is 41.1. The highest BCUT2D eigenvalue weighted by Crippen LogP contribution is 2.43. The average molecular weight is 869 g/mol. The first kappa shape index (κ1) is 56.3. The fourth-order valence-electron chi connectivity index (χ4n) is 5.78. The number of rotatable bonds is 40. The monoisotopic (exact) mass is 868 g/mol. The van der Waals surface area contributed by atoms with Crippen LogP contribution in [0.5, 0.6) is 0 Å². The van der Waals surface area contributed by atoms with Crippen molar-refractivity contribution < 1.29 is 66.7 Å². The molecule has 16 heteroatoms. The first-order valence-corrected chi connectivity index (χ1v) is 24.7. The SMILES string of the molecule is CC/C=C/C/C=C/C=C/C(O)CCCCCCCC(=O)OC[C@H](COP(=O)(O)OC[C@@H](O)COP(=O)(O)O)OC(=O)CCCCCCCCCCCCCCC(C)C. The van der Waals surface area contributed by atoms with Crippen molar-refractivity contribution >= 4 is 27.6 Å². The van der Waals surface area contributed by atoms with Crippen LogP contribution < -0.4 is 0 Å². The zero-order valence-electron chi connectivity index (χ0n) is 35.7. The van der Waals surface area contributed by atoms with Gasteiger partial charge in [0.15, 0.2) is 6.10 Å². The number of allylic oxidation sites excluding steroid dienone is 5. The lowest BCUT2D eigenvalue weighted by molar-refractivity contribution is -0.161. The highest BCUT2D eigenvalue weighted by molar-refractivity contribution is 7.47. The average Bonchev–Trinajstić information content (AvgIpc) is 3.16. The van der Waals surface area contributed by atoms with Gasteiger partial charge in [0.1, 0.15) is 12.7 Å². The van der Waals surface area contributed by atoms with Crippen LogP contribution >= 0.6 is 15.6 Å². The number of unbranched alkanes of at least 4 members (excludes halogenated alkanes) is 15. The number of hydrogen-bond donors (Lipinski definition) is 5. The van der Waals surface area contributed by atoms with Gasteiger partial charge in [0, 0.05) is 12.8 Å². The first-order chi connectivity index (χ1) is 27.6. The molecule has 0 saturated carbocycles. The van der Waals surface area contributed by atoms with Gasteiger partial charge in [-0.3, -0.25) is 23.2 Å². The molecule has 0 heterocycles. The minimum Gasteiger partial charge on any atom is -0.462 e. The lowest BCUT2D eigenvalue weighted by Crippen LogP contribution is -2.30. The minimum absolute atomic E-state index is 0.113. The molecule has 0 aliphatic rings. The topological polar surface area (TPSA) is 216 Å². The molecule has 0 aromatic heterocycles. The number of carbonyl (C=O) groups excluding carboxylic acids is 2. The van der Waals surface area contributed by atoms with Gasteiger partial charge in [0.05, 0.1) is 25.9 Å². The van der Waals surface area contributed by atoms with E-state index in [4.69, 9.17) is 23.8 Å². The number of carbonyl (C=O) groups is 2. The second kappa shape index (κ2) is 37.1. The molecular formula is C42H78O14P2. The van der Waals surface area contributed by atoms with Gasteiger partial charge in [-0.05, 0) is 38.0 Å². The van der Waals surface area contributed by atoms with Crippen LogP contribution in [0, 0.1) is 5.92 Å². The van der Waals surface area contributed by atoms with E-state index in [9.17, 15) is 33.8 Å². The van der Waals surface area contributed by atoms with Gasteiger partial charge in [-0.25, -0.2) is 9.13 Å². The molecule has 5 N–H and O–H groups in total. The maximum atomic E-state index is 12.7. The summed E-state index contributed by atoms with van der Waals surface area (Å²) in [5.41, 5.74) is 0.